The third kappa shape index (κ3) is 7.04. The molecule has 11 nitrogen and oxygen atoms in total. The standard InChI is InChI=1S/C36H40F2N8O3/c37-36(38)21-45(15-14-29(36)23-5-3-4-22(16-23)18-40-30-12-13-33(48)42-35(30)49)25-8-10-26(11-9-25)46-20-24(19-41-46)28-17-31(43-44-34(28)39)27-6-1-2-7-32(27)47/h1-7,16-17,19-20,25-26,29-30,40,47H,8-15,18,21H2,(H2,39,44)(H,42,48,49)/t25?,26?,29-,30-/m0/s1. The normalized spacial score (nSPS) is 24.4. The first kappa shape index (κ1) is 32.8. The summed E-state index contributed by atoms with van der Waals surface area (Å²) in [6.45, 7) is 0.691. The van der Waals surface area contributed by atoms with Crippen molar-refractivity contribution in [2.24, 2.45) is 0 Å². The molecule has 49 heavy (non-hydrogen) atoms. The Morgan fingerprint density at radius 2 is 1.76 bits per heavy atom. The van der Waals surface area contributed by atoms with Gasteiger partial charge in [0.15, 0.2) is 5.82 Å². The molecule has 7 rings (SSSR count). The summed E-state index contributed by atoms with van der Waals surface area (Å²) in [6, 6.07) is 15.7. The number of amides is 2. The lowest BCUT2D eigenvalue weighted by molar-refractivity contribution is -0.134. The van der Waals surface area contributed by atoms with Gasteiger partial charge < -0.3 is 16.2 Å². The van der Waals surface area contributed by atoms with Crippen molar-refractivity contribution in [3.8, 4) is 28.1 Å². The van der Waals surface area contributed by atoms with Crippen molar-refractivity contribution in [3.05, 3.63) is 78.1 Å². The van der Waals surface area contributed by atoms with E-state index in [1.807, 2.05) is 34.0 Å². The second-order valence-corrected chi connectivity index (χ2v) is 13.4. The van der Waals surface area contributed by atoms with E-state index in [-0.39, 0.29) is 48.4 Å². The van der Waals surface area contributed by atoms with Crippen LogP contribution in [0.1, 0.15) is 68.0 Å². The summed E-state index contributed by atoms with van der Waals surface area (Å²) in [4.78, 5) is 25.5. The molecule has 1 saturated carbocycles. The number of hydrogen-bond acceptors (Lipinski definition) is 9. The van der Waals surface area contributed by atoms with E-state index >= 15 is 8.78 Å². The molecule has 0 radical (unpaired) electrons. The van der Waals surface area contributed by atoms with Crippen molar-refractivity contribution < 1.29 is 23.5 Å². The molecule has 3 fully saturated rings. The van der Waals surface area contributed by atoms with E-state index < -0.39 is 17.9 Å². The summed E-state index contributed by atoms with van der Waals surface area (Å²) in [5.74, 6) is -4.00. The molecule has 2 aliphatic heterocycles. The molecule has 2 saturated heterocycles. The average molecular weight is 671 g/mol. The van der Waals surface area contributed by atoms with E-state index in [1.54, 1.807) is 42.6 Å². The zero-order chi connectivity index (χ0) is 34.1. The fraction of sp³-hybridized carbons (Fsp3) is 0.417. The molecule has 0 spiro atoms. The number of nitrogens with one attached hydrogen (secondary N) is 2. The smallest absolute Gasteiger partial charge is 0.267 e. The summed E-state index contributed by atoms with van der Waals surface area (Å²) >= 11 is 0. The van der Waals surface area contributed by atoms with Gasteiger partial charge in [-0.25, -0.2) is 8.78 Å². The maximum Gasteiger partial charge on any atom is 0.267 e. The van der Waals surface area contributed by atoms with Crippen LogP contribution in [0.3, 0.4) is 0 Å². The van der Waals surface area contributed by atoms with Gasteiger partial charge in [0.2, 0.25) is 11.8 Å². The highest BCUT2D eigenvalue weighted by atomic mass is 19.3. The van der Waals surface area contributed by atoms with E-state index in [9.17, 15) is 14.7 Å². The number of aromatic hydroxyl groups is 1. The van der Waals surface area contributed by atoms with Crippen molar-refractivity contribution in [3.63, 3.8) is 0 Å². The fourth-order valence-corrected chi connectivity index (χ4v) is 7.56. The SMILES string of the molecule is Nc1nnc(-c2ccccc2O)cc1-c1cnn(C2CCC(N3CC[C@@H](c4cccc(CN[C@H]5CCC(=O)NC5=O)c4)C(F)(F)C3)CC2)c1. The van der Waals surface area contributed by atoms with Gasteiger partial charge in [0, 0.05) is 41.9 Å². The quantitative estimate of drug-likeness (QED) is 0.194. The van der Waals surface area contributed by atoms with Gasteiger partial charge in [-0.05, 0) is 74.4 Å². The number of likely N-dealkylation sites (tertiary alicyclic amines) is 1. The van der Waals surface area contributed by atoms with Crippen LogP contribution in [-0.2, 0) is 16.1 Å². The van der Waals surface area contributed by atoms with Gasteiger partial charge in [0.25, 0.3) is 5.92 Å². The first-order chi connectivity index (χ1) is 23.6. The Balaban J connectivity index is 0.947. The van der Waals surface area contributed by atoms with E-state index in [4.69, 9.17) is 5.73 Å². The molecule has 0 unspecified atom stereocenters. The van der Waals surface area contributed by atoms with Crippen molar-refractivity contribution in [2.75, 3.05) is 18.8 Å². The Labute approximate surface area is 282 Å². The number of imide groups is 1. The summed E-state index contributed by atoms with van der Waals surface area (Å²) in [6.07, 6.45) is 8.02. The van der Waals surface area contributed by atoms with E-state index in [1.165, 1.54) is 0 Å². The van der Waals surface area contributed by atoms with Crippen LogP contribution in [0.15, 0.2) is 67.0 Å². The van der Waals surface area contributed by atoms with E-state index in [2.05, 4.69) is 25.9 Å². The van der Waals surface area contributed by atoms with Crippen LogP contribution in [-0.4, -0.2) is 72.9 Å². The molecule has 1 aliphatic carbocycles. The van der Waals surface area contributed by atoms with Gasteiger partial charge in [-0.15, -0.1) is 10.2 Å². The molecule has 3 aliphatic rings. The molecular weight excluding hydrogens is 630 g/mol. The maximum absolute atomic E-state index is 15.8. The number of nitrogens with zero attached hydrogens (tertiary/aromatic N) is 5. The number of para-hydroxylation sites is 1. The van der Waals surface area contributed by atoms with Crippen molar-refractivity contribution in [1.29, 1.82) is 0 Å². The van der Waals surface area contributed by atoms with E-state index in [0.29, 0.717) is 48.3 Å². The average Bonchev–Trinajstić information content (AvgIpc) is 3.58. The number of rotatable bonds is 8. The molecule has 2 amide bonds. The predicted octanol–water partition coefficient (Wildman–Crippen LogP) is 4.80. The van der Waals surface area contributed by atoms with E-state index in [0.717, 1.165) is 36.8 Å². The summed E-state index contributed by atoms with van der Waals surface area (Å²) < 4.78 is 33.5. The lowest BCUT2D eigenvalue weighted by Gasteiger charge is -2.44. The van der Waals surface area contributed by atoms with Gasteiger partial charge in [-0.3, -0.25) is 24.5 Å². The predicted molar refractivity (Wildman–Crippen MR) is 179 cm³/mol. The molecule has 4 aromatic rings. The minimum atomic E-state index is -2.88. The molecule has 4 heterocycles. The van der Waals surface area contributed by atoms with Crippen molar-refractivity contribution >= 4 is 17.6 Å². The van der Waals surface area contributed by atoms with Gasteiger partial charge in [-0.1, -0.05) is 36.4 Å². The minimum absolute atomic E-state index is 0.0864. The number of carbonyl (C=O) groups excluding carboxylic acids is 2. The van der Waals surface area contributed by atoms with Gasteiger partial charge in [-0.2, -0.15) is 5.10 Å². The highest BCUT2D eigenvalue weighted by Crippen LogP contribution is 2.43. The number of piperidine rings is 2. The van der Waals surface area contributed by atoms with Crippen LogP contribution in [0.4, 0.5) is 14.6 Å². The molecule has 2 aromatic carbocycles. The number of phenols is 1. The fourth-order valence-electron chi connectivity index (χ4n) is 7.56. The zero-order valence-corrected chi connectivity index (χ0v) is 27.1. The molecule has 13 heteroatoms. The summed E-state index contributed by atoms with van der Waals surface area (Å²) in [5.41, 5.74) is 10.2. The van der Waals surface area contributed by atoms with Gasteiger partial charge in [0.05, 0.1) is 36.4 Å². The second kappa shape index (κ2) is 13.6. The summed E-state index contributed by atoms with van der Waals surface area (Å²) in [7, 11) is 0. The van der Waals surface area contributed by atoms with Gasteiger partial charge >= 0.3 is 0 Å². The Morgan fingerprint density at radius 1 is 0.959 bits per heavy atom. The van der Waals surface area contributed by atoms with Crippen LogP contribution in [0.5, 0.6) is 5.75 Å². The number of halogens is 2. The molecule has 5 N–H and O–H groups in total. The minimum Gasteiger partial charge on any atom is -0.507 e. The first-order valence-electron chi connectivity index (χ1n) is 16.9. The Morgan fingerprint density at radius 3 is 2.53 bits per heavy atom. The molecule has 2 aromatic heterocycles. The Hall–Kier alpha value is -4.75. The number of anilines is 1. The number of alkyl halides is 2. The van der Waals surface area contributed by atoms with Crippen LogP contribution >= 0.6 is 0 Å². The summed E-state index contributed by atoms with van der Waals surface area (Å²) in [5, 5.41) is 28.7. The number of carbonyl (C=O) groups is 2. The molecular formula is C36H40F2N8O3. The number of nitrogen functional groups attached to an aromatic ring is 1. The third-order valence-electron chi connectivity index (χ3n) is 10.2. The highest BCUT2D eigenvalue weighted by molar-refractivity contribution is 6.00. The van der Waals surface area contributed by atoms with Crippen molar-refractivity contribution in [2.45, 2.75) is 81.5 Å². The number of hydrogen-bond donors (Lipinski definition) is 4. The number of phenolic OH excluding ortho intramolecular Hbond substituents is 1. The monoisotopic (exact) mass is 670 g/mol. The number of aromatic nitrogens is 4. The van der Waals surface area contributed by atoms with Crippen LogP contribution in [0, 0.1) is 0 Å². The lowest BCUT2D eigenvalue weighted by atomic mass is 9.83. The van der Waals surface area contributed by atoms with Gasteiger partial charge in [0.1, 0.15) is 5.75 Å². The largest absolute Gasteiger partial charge is 0.507 e. The topological polar surface area (TPSA) is 151 Å². The zero-order valence-electron chi connectivity index (χ0n) is 27.1. The van der Waals surface area contributed by atoms with Crippen LogP contribution in [0.2, 0.25) is 0 Å². The second-order valence-electron chi connectivity index (χ2n) is 13.4. The van der Waals surface area contributed by atoms with Crippen LogP contribution in [0.25, 0.3) is 22.4 Å². The highest BCUT2D eigenvalue weighted by Gasteiger charge is 2.47. The number of nitrogens with two attached hydrogens (primary N) is 1. The van der Waals surface area contributed by atoms with Crippen molar-refractivity contribution in [1.82, 2.24) is 35.5 Å². The molecule has 2 atom stereocenters. The third-order valence-corrected chi connectivity index (χ3v) is 10.2. The maximum atomic E-state index is 15.8. The Kier molecular flexibility index (Phi) is 9.12. The first-order valence-corrected chi connectivity index (χ1v) is 16.9. The Bertz CT molecular complexity index is 1840. The number of benzene rings is 2. The molecule has 0 bridgehead atoms. The molecule has 256 valence electrons. The lowest BCUT2D eigenvalue weighted by Crippen LogP contribution is -2.52. The van der Waals surface area contributed by atoms with Crippen LogP contribution < -0.4 is 16.4 Å².